The van der Waals surface area contributed by atoms with Crippen molar-refractivity contribution >= 4 is 22.9 Å². The van der Waals surface area contributed by atoms with E-state index in [1.54, 1.807) is 24.1 Å². The molecule has 0 spiro atoms. The standard InChI is InChI=1S/C29H42FN3O3/c1-18(2)15-25-26-22(23-16-21(30)11-12-24(23)31-26)13-14-33(25)27(34)20-9-7-19(8-10-20)17-32(6)28(35)36-29(3,4)5/h11-12,16,18-20,25,31H,7-10,13-15,17H2,1-6H3. The molecule has 1 aromatic heterocycles. The molecule has 1 fully saturated rings. The molecule has 6 nitrogen and oxygen atoms in total. The number of hydrogen-bond acceptors (Lipinski definition) is 3. The van der Waals surface area contributed by atoms with E-state index < -0.39 is 5.60 Å². The van der Waals surface area contributed by atoms with E-state index >= 15 is 0 Å². The Hall–Kier alpha value is -2.57. The Morgan fingerprint density at radius 2 is 1.89 bits per heavy atom. The van der Waals surface area contributed by atoms with E-state index in [2.05, 4.69) is 23.7 Å². The fourth-order valence-electron chi connectivity index (χ4n) is 5.92. The largest absolute Gasteiger partial charge is 0.444 e. The molecular formula is C29H42FN3O3. The van der Waals surface area contributed by atoms with Crippen LogP contribution in [0.3, 0.4) is 0 Å². The van der Waals surface area contributed by atoms with Crippen LogP contribution in [0.25, 0.3) is 10.9 Å². The van der Waals surface area contributed by atoms with Crippen LogP contribution >= 0.6 is 0 Å². The molecule has 7 heteroatoms. The first-order valence-electron chi connectivity index (χ1n) is 13.5. The zero-order valence-electron chi connectivity index (χ0n) is 22.7. The molecule has 36 heavy (non-hydrogen) atoms. The smallest absolute Gasteiger partial charge is 0.410 e. The van der Waals surface area contributed by atoms with Gasteiger partial charge in [-0.25, -0.2) is 9.18 Å². The molecule has 0 bridgehead atoms. The maximum atomic E-state index is 14.0. The molecule has 2 heterocycles. The maximum absolute atomic E-state index is 14.0. The monoisotopic (exact) mass is 499 g/mol. The lowest BCUT2D eigenvalue weighted by atomic mass is 9.80. The molecule has 1 aliphatic heterocycles. The Labute approximate surface area is 214 Å². The SMILES string of the molecule is CC(C)CC1c2[nH]c3ccc(F)cc3c2CCN1C(=O)C1CCC(CN(C)C(=O)OC(C)(C)C)CC1. The van der Waals surface area contributed by atoms with Gasteiger partial charge in [-0.1, -0.05) is 13.8 Å². The van der Waals surface area contributed by atoms with E-state index in [0.29, 0.717) is 24.9 Å². The van der Waals surface area contributed by atoms with Gasteiger partial charge in [0.25, 0.3) is 0 Å². The number of ether oxygens (including phenoxy) is 1. The van der Waals surface area contributed by atoms with Crippen molar-refractivity contribution in [2.24, 2.45) is 17.8 Å². The molecule has 1 unspecified atom stereocenters. The number of aromatic amines is 1. The third-order valence-corrected chi connectivity index (χ3v) is 7.62. The molecule has 1 N–H and O–H groups in total. The van der Waals surface area contributed by atoms with Gasteiger partial charge in [0.05, 0.1) is 6.04 Å². The summed E-state index contributed by atoms with van der Waals surface area (Å²) >= 11 is 0. The van der Waals surface area contributed by atoms with Gasteiger partial charge in [0.15, 0.2) is 0 Å². The highest BCUT2D eigenvalue weighted by Crippen LogP contribution is 2.40. The van der Waals surface area contributed by atoms with Gasteiger partial charge in [-0.05, 0) is 94.9 Å². The van der Waals surface area contributed by atoms with Crippen molar-refractivity contribution in [3.8, 4) is 0 Å². The number of carbonyl (C=O) groups is 2. The lowest BCUT2D eigenvalue weighted by Gasteiger charge is -2.40. The van der Waals surface area contributed by atoms with Crippen LogP contribution in [0.4, 0.5) is 9.18 Å². The molecule has 1 saturated carbocycles. The van der Waals surface area contributed by atoms with E-state index in [-0.39, 0.29) is 29.8 Å². The minimum absolute atomic E-state index is 0.00673. The Morgan fingerprint density at radius 1 is 1.19 bits per heavy atom. The first kappa shape index (κ1) is 26.5. The average Bonchev–Trinajstić information content (AvgIpc) is 3.16. The van der Waals surface area contributed by atoms with Crippen LogP contribution in [0, 0.1) is 23.6 Å². The predicted octanol–water partition coefficient (Wildman–Crippen LogP) is 6.45. The zero-order valence-corrected chi connectivity index (χ0v) is 22.7. The van der Waals surface area contributed by atoms with Crippen molar-refractivity contribution in [3.05, 3.63) is 35.3 Å². The van der Waals surface area contributed by atoms with Gasteiger partial charge in [0, 0.05) is 42.7 Å². The topological polar surface area (TPSA) is 65.6 Å². The zero-order chi connectivity index (χ0) is 26.2. The molecule has 2 aromatic rings. The summed E-state index contributed by atoms with van der Waals surface area (Å²) < 4.78 is 19.4. The predicted molar refractivity (Wildman–Crippen MR) is 140 cm³/mol. The quantitative estimate of drug-likeness (QED) is 0.514. The third-order valence-electron chi connectivity index (χ3n) is 7.62. The number of fused-ring (bicyclic) bond motifs is 3. The fourth-order valence-corrected chi connectivity index (χ4v) is 5.92. The van der Waals surface area contributed by atoms with Gasteiger partial charge in [0.2, 0.25) is 5.91 Å². The van der Waals surface area contributed by atoms with Gasteiger partial charge in [-0.15, -0.1) is 0 Å². The number of carbonyl (C=O) groups excluding carboxylic acids is 2. The van der Waals surface area contributed by atoms with Crippen LogP contribution in [0.1, 0.15) is 84.0 Å². The summed E-state index contributed by atoms with van der Waals surface area (Å²) in [6.45, 7) is 11.3. The van der Waals surface area contributed by atoms with E-state index in [0.717, 1.165) is 60.7 Å². The molecule has 198 valence electrons. The first-order chi connectivity index (χ1) is 16.9. The normalized spacial score (nSPS) is 22.6. The molecule has 0 radical (unpaired) electrons. The molecule has 1 aliphatic carbocycles. The Kier molecular flexibility index (Phi) is 7.67. The van der Waals surface area contributed by atoms with Crippen LogP contribution in [0.2, 0.25) is 0 Å². The second kappa shape index (κ2) is 10.4. The number of halogens is 1. The van der Waals surface area contributed by atoms with Gasteiger partial charge >= 0.3 is 6.09 Å². The van der Waals surface area contributed by atoms with Crippen molar-refractivity contribution in [2.75, 3.05) is 20.1 Å². The number of amides is 2. The average molecular weight is 500 g/mol. The number of nitrogens with one attached hydrogen (secondary N) is 1. The Bertz CT molecular complexity index is 1100. The summed E-state index contributed by atoms with van der Waals surface area (Å²) in [7, 11) is 1.79. The summed E-state index contributed by atoms with van der Waals surface area (Å²) in [5, 5.41) is 0.945. The second-order valence-electron chi connectivity index (χ2n) is 12.2. The van der Waals surface area contributed by atoms with Crippen molar-refractivity contribution in [1.82, 2.24) is 14.8 Å². The molecule has 2 amide bonds. The Morgan fingerprint density at radius 3 is 2.53 bits per heavy atom. The summed E-state index contributed by atoms with van der Waals surface area (Å²) in [4.78, 5) is 33.4. The highest BCUT2D eigenvalue weighted by atomic mass is 19.1. The number of nitrogens with zero attached hydrogens (tertiary/aromatic N) is 2. The minimum atomic E-state index is -0.505. The number of aromatic nitrogens is 1. The van der Waals surface area contributed by atoms with E-state index in [9.17, 15) is 14.0 Å². The van der Waals surface area contributed by atoms with Crippen molar-refractivity contribution in [1.29, 1.82) is 0 Å². The van der Waals surface area contributed by atoms with E-state index in [4.69, 9.17) is 4.74 Å². The highest BCUT2D eigenvalue weighted by molar-refractivity contribution is 5.86. The van der Waals surface area contributed by atoms with Crippen molar-refractivity contribution in [3.63, 3.8) is 0 Å². The van der Waals surface area contributed by atoms with Gasteiger partial charge < -0.3 is 19.5 Å². The molecule has 0 saturated heterocycles. The minimum Gasteiger partial charge on any atom is -0.444 e. The van der Waals surface area contributed by atoms with Crippen LogP contribution in [0.15, 0.2) is 18.2 Å². The summed E-state index contributed by atoms with van der Waals surface area (Å²) in [6.07, 6.45) is 4.90. The van der Waals surface area contributed by atoms with Crippen LogP contribution in [-0.4, -0.2) is 52.5 Å². The summed E-state index contributed by atoms with van der Waals surface area (Å²) in [5.74, 6) is 0.853. The lowest BCUT2D eigenvalue weighted by Crippen LogP contribution is -2.45. The van der Waals surface area contributed by atoms with E-state index in [1.165, 1.54) is 6.07 Å². The number of hydrogen-bond donors (Lipinski definition) is 1. The van der Waals surface area contributed by atoms with Gasteiger partial charge in [-0.3, -0.25) is 4.79 Å². The highest BCUT2D eigenvalue weighted by Gasteiger charge is 2.38. The van der Waals surface area contributed by atoms with Gasteiger partial charge in [0.1, 0.15) is 11.4 Å². The molecule has 1 aromatic carbocycles. The van der Waals surface area contributed by atoms with Crippen LogP contribution in [0.5, 0.6) is 0 Å². The number of H-pyrrole nitrogens is 1. The fraction of sp³-hybridized carbons (Fsp3) is 0.655. The van der Waals surface area contributed by atoms with Gasteiger partial charge in [-0.2, -0.15) is 0 Å². The molecule has 4 rings (SSSR count). The van der Waals surface area contributed by atoms with Crippen LogP contribution < -0.4 is 0 Å². The number of rotatable bonds is 5. The summed E-state index contributed by atoms with van der Waals surface area (Å²) in [6, 6.07) is 4.90. The number of benzene rings is 1. The molecule has 2 aliphatic rings. The van der Waals surface area contributed by atoms with Crippen LogP contribution in [-0.2, 0) is 16.0 Å². The maximum Gasteiger partial charge on any atom is 0.410 e. The van der Waals surface area contributed by atoms with Crippen molar-refractivity contribution in [2.45, 2.75) is 84.8 Å². The molecule has 1 atom stereocenters. The second-order valence-corrected chi connectivity index (χ2v) is 12.2. The van der Waals surface area contributed by atoms with E-state index in [1.807, 2.05) is 20.8 Å². The molecular weight excluding hydrogens is 457 g/mol. The van der Waals surface area contributed by atoms with Crippen molar-refractivity contribution < 1.29 is 18.7 Å². The lowest BCUT2D eigenvalue weighted by molar-refractivity contribution is -0.140. The summed E-state index contributed by atoms with van der Waals surface area (Å²) in [5.41, 5.74) is 2.68. The first-order valence-corrected chi connectivity index (χ1v) is 13.5. The third kappa shape index (κ3) is 5.87. The Balaban J connectivity index is 1.42.